The van der Waals surface area contributed by atoms with Gasteiger partial charge in [0.05, 0.1) is 20.3 Å². The first-order chi connectivity index (χ1) is 14.2. The Hall–Kier alpha value is -1.26. The van der Waals surface area contributed by atoms with Gasteiger partial charge in [0.1, 0.15) is 11.5 Å². The fourth-order valence-corrected chi connectivity index (χ4v) is 3.30. The summed E-state index contributed by atoms with van der Waals surface area (Å²) in [7, 11) is 3.34. The van der Waals surface area contributed by atoms with E-state index in [9.17, 15) is 0 Å². The predicted molar refractivity (Wildman–Crippen MR) is 131 cm³/mol. The monoisotopic (exact) mass is 535 g/mol. The lowest BCUT2D eigenvalue weighted by Gasteiger charge is -2.21. The van der Waals surface area contributed by atoms with Gasteiger partial charge in [-0.3, -0.25) is 4.99 Å². The molecule has 0 bridgehead atoms. The number of ether oxygens (including phenoxy) is 4. The molecule has 1 fully saturated rings. The molecule has 7 nitrogen and oxygen atoms in total. The molecular formula is C22H38IN3O4. The van der Waals surface area contributed by atoms with Crippen molar-refractivity contribution in [2.24, 2.45) is 10.9 Å². The Morgan fingerprint density at radius 2 is 2.00 bits per heavy atom. The third kappa shape index (κ3) is 9.26. The molecule has 0 spiro atoms. The fourth-order valence-electron chi connectivity index (χ4n) is 3.30. The van der Waals surface area contributed by atoms with Crippen molar-refractivity contribution in [1.29, 1.82) is 0 Å². The lowest BCUT2D eigenvalue weighted by Crippen LogP contribution is -2.39. The minimum Gasteiger partial charge on any atom is -0.497 e. The molecule has 1 saturated heterocycles. The summed E-state index contributed by atoms with van der Waals surface area (Å²) in [5.74, 6) is 3.06. The van der Waals surface area contributed by atoms with Crippen molar-refractivity contribution in [1.82, 2.24) is 10.6 Å². The number of methoxy groups -OCH3 is 2. The third-order valence-electron chi connectivity index (χ3n) is 5.01. The summed E-state index contributed by atoms with van der Waals surface area (Å²) in [6.45, 7) is 8.96. The van der Waals surface area contributed by atoms with E-state index in [0.29, 0.717) is 12.5 Å². The Morgan fingerprint density at radius 1 is 1.23 bits per heavy atom. The summed E-state index contributed by atoms with van der Waals surface area (Å²) >= 11 is 0. The molecule has 1 heterocycles. The maximum Gasteiger partial charge on any atom is 0.191 e. The molecule has 1 unspecified atom stereocenters. The lowest BCUT2D eigenvalue weighted by molar-refractivity contribution is 0.0205. The molecule has 1 aromatic rings. The zero-order valence-electron chi connectivity index (χ0n) is 18.7. The fraction of sp³-hybridized carbons (Fsp3) is 0.682. The van der Waals surface area contributed by atoms with Crippen LogP contribution in [0.2, 0.25) is 0 Å². The van der Waals surface area contributed by atoms with Gasteiger partial charge in [0.2, 0.25) is 0 Å². The van der Waals surface area contributed by atoms with Crippen LogP contribution in [-0.2, 0) is 9.47 Å². The Bertz CT molecular complexity index is 624. The summed E-state index contributed by atoms with van der Waals surface area (Å²) < 4.78 is 22.1. The highest BCUT2D eigenvalue weighted by atomic mass is 127. The molecule has 30 heavy (non-hydrogen) atoms. The number of aliphatic imine (C=N–C) groups is 1. The highest BCUT2D eigenvalue weighted by Crippen LogP contribution is 2.29. The SMILES string of the molecule is CCNC(=NCCCOCC1CCOCC1)NC(C)c1cc(OC)ccc1OC.I. The van der Waals surface area contributed by atoms with Crippen molar-refractivity contribution in [3.8, 4) is 11.5 Å². The number of guanidine groups is 1. The van der Waals surface area contributed by atoms with Crippen LogP contribution in [0.5, 0.6) is 11.5 Å². The van der Waals surface area contributed by atoms with E-state index in [1.807, 2.05) is 18.2 Å². The largest absolute Gasteiger partial charge is 0.497 e. The predicted octanol–water partition coefficient (Wildman–Crippen LogP) is 3.77. The van der Waals surface area contributed by atoms with Gasteiger partial charge in [0.25, 0.3) is 0 Å². The number of nitrogens with one attached hydrogen (secondary N) is 2. The van der Waals surface area contributed by atoms with Crippen LogP contribution in [0.15, 0.2) is 23.2 Å². The Kier molecular flexibility index (Phi) is 13.9. The van der Waals surface area contributed by atoms with E-state index in [1.165, 1.54) is 0 Å². The van der Waals surface area contributed by atoms with Crippen molar-refractivity contribution < 1.29 is 18.9 Å². The van der Waals surface area contributed by atoms with E-state index < -0.39 is 0 Å². The molecule has 0 aliphatic carbocycles. The van der Waals surface area contributed by atoms with Crippen LogP contribution in [0.25, 0.3) is 0 Å². The molecule has 0 aromatic heterocycles. The third-order valence-corrected chi connectivity index (χ3v) is 5.01. The lowest BCUT2D eigenvalue weighted by atomic mass is 10.0. The molecule has 0 radical (unpaired) electrons. The van der Waals surface area contributed by atoms with Crippen LogP contribution in [0, 0.1) is 5.92 Å². The van der Waals surface area contributed by atoms with Crippen molar-refractivity contribution in [2.45, 2.75) is 39.2 Å². The number of hydrogen-bond donors (Lipinski definition) is 2. The number of halogens is 1. The Balaban J connectivity index is 0.00000450. The van der Waals surface area contributed by atoms with E-state index in [0.717, 1.165) is 75.3 Å². The van der Waals surface area contributed by atoms with Crippen molar-refractivity contribution in [2.75, 3.05) is 53.7 Å². The van der Waals surface area contributed by atoms with Gasteiger partial charge < -0.3 is 29.6 Å². The van der Waals surface area contributed by atoms with E-state index >= 15 is 0 Å². The van der Waals surface area contributed by atoms with E-state index in [-0.39, 0.29) is 30.0 Å². The summed E-state index contributed by atoms with van der Waals surface area (Å²) in [6, 6.07) is 5.83. The molecule has 2 rings (SSSR count). The van der Waals surface area contributed by atoms with E-state index in [2.05, 4.69) is 29.5 Å². The second kappa shape index (κ2) is 15.5. The minimum absolute atomic E-state index is 0. The van der Waals surface area contributed by atoms with Gasteiger partial charge in [-0.15, -0.1) is 24.0 Å². The molecule has 2 N–H and O–H groups in total. The molecule has 0 saturated carbocycles. The van der Waals surface area contributed by atoms with Gasteiger partial charge in [-0.05, 0) is 57.2 Å². The minimum atomic E-state index is 0. The number of rotatable bonds is 11. The first-order valence-corrected chi connectivity index (χ1v) is 10.6. The molecule has 1 atom stereocenters. The van der Waals surface area contributed by atoms with E-state index in [1.54, 1.807) is 14.2 Å². The molecule has 172 valence electrons. The second-order valence-electron chi connectivity index (χ2n) is 7.22. The highest BCUT2D eigenvalue weighted by molar-refractivity contribution is 14.0. The smallest absolute Gasteiger partial charge is 0.191 e. The summed E-state index contributed by atoms with van der Waals surface area (Å²) in [6.07, 6.45) is 3.12. The van der Waals surface area contributed by atoms with Crippen molar-refractivity contribution >= 4 is 29.9 Å². The highest BCUT2D eigenvalue weighted by Gasteiger charge is 2.15. The molecule has 1 aliphatic rings. The van der Waals surface area contributed by atoms with Gasteiger partial charge in [-0.1, -0.05) is 0 Å². The van der Waals surface area contributed by atoms with Gasteiger partial charge in [-0.2, -0.15) is 0 Å². The van der Waals surface area contributed by atoms with Crippen LogP contribution in [0.4, 0.5) is 0 Å². The molecule has 0 amide bonds. The van der Waals surface area contributed by atoms with Crippen LogP contribution >= 0.6 is 24.0 Å². The quantitative estimate of drug-likeness (QED) is 0.195. The van der Waals surface area contributed by atoms with Gasteiger partial charge in [-0.25, -0.2) is 0 Å². The van der Waals surface area contributed by atoms with Crippen molar-refractivity contribution in [3.63, 3.8) is 0 Å². The first-order valence-electron chi connectivity index (χ1n) is 10.6. The average molecular weight is 535 g/mol. The van der Waals surface area contributed by atoms with Crippen LogP contribution in [0.1, 0.15) is 44.7 Å². The summed E-state index contributed by atoms with van der Waals surface area (Å²) in [5, 5.41) is 6.76. The number of hydrogen-bond acceptors (Lipinski definition) is 5. The molecule has 1 aromatic carbocycles. The standard InChI is InChI=1S/C22H37N3O4.HI/c1-5-23-22(24-11-6-12-29-16-18-9-13-28-14-10-18)25-17(2)20-15-19(26-3)7-8-21(20)27-4;/h7-8,15,17-18H,5-6,9-14,16H2,1-4H3,(H2,23,24,25);1H. The summed E-state index contributed by atoms with van der Waals surface area (Å²) in [5.41, 5.74) is 1.03. The van der Waals surface area contributed by atoms with Crippen molar-refractivity contribution in [3.05, 3.63) is 23.8 Å². The Morgan fingerprint density at radius 3 is 2.67 bits per heavy atom. The second-order valence-corrected chi connectivity index (χ2v) is 7.22. The van der Waals surface area contributed by atoms with E-state index in [4.69, 9.17) is 18.9 Å². The van der Waals surface area contributed by atoms with Gasteiger partial charge in [0.15, 0.2) is 5.96 Å². The normalized spacial score (nSPS) is 15.8. The van der Waals surface area contributed by atoms with Crippen LogP contribution < -0.4 is 20.1 Å². The number of benzene rings is 1. The maximum absolute atomic E-state index is 5.83. The first kappa shape index (κ1) is 26.8. The molecular weight excluding hydrogens is 497 g/mol. The average Bonchev–Trinajstić information content (AvgIpc) is 2.76. The Labute approximate surface area is 198 Å². The molecule has 1 aliphatic heterocycles. The van der Waals surface area contributed by atoms with Gasteiger partial charge in [0, 0.05) is 45.1 Å². The maximum atomic E-state index is 5.83. The topological polar surface area (TPSA) is 73.3 Å². The van der Waals surface area contributed by atoms with Crippen LogP contribution in [-0.4, -0.2) is 59.7 Å². The zero-order valence-corrected chi connectivity index (χ0v) is 21.1. The summed E-state index contributed by atoms with van der Waals surface area (Å²) in [4.78, 5) is 4.68. The number of nitrogens with zero attached hydrogens (tertiary/aromatic N) is 1. The van der Waals surface area contributed by atoms with Gasteiger partial charge >= 0.3 is 0 Å². The molecule has 8 heteroatoms. The van der Waals surface area contributed by atoms with Crippen LogP contribution in [0.3, 0.4) is 0 Å². The zero-order chi connectivity index (χ0) is 20.9.